The zero-order valence-corrected chi connectivity index (χ0v) is 13.7. The summed E-state index contributed by atoms with van der Waals surface area (Å²) in [5, 5.41) is 10.6. The van der Waals surface area contributed by atoms with Gasteiger partial charge in [0.25, 0.3) is 0 Å². The number of carboxylic acids is 1. The second-order valence-electron chi connectivity index (χ2n) is 4.64. The molecule has 1 unspecified atom stereocenters. The molecule has 0 aliphatic rings. The SMILES string of the molecule is CC(C(=O)O)N(C)CC(=O)Nc1c(Cl)cccc1C(F)(F)F.Cl. The van der Waals surface area contributed by atoms with E-state index in [1.165, 1.54) is 24.9 Å². The number of carbonyl (C=O) groups excluding carboxylic acids is 1. The van der Waals surface area contributed by atoms with Gasteiger partial charge in [0.2, 0.25) is 5.91 Å². The second-order valence-corrected chi connectivity index (χ2v) is 5.04. The fourth-order valence-electron chi connectivity index (χ4n) is 1.62. The number of carbonyl (C=O) groups is 2. The van der Waals surface area contributed by atoms with Gasteiger partial charge in [-0.2, -0.15) is 13.2 Å². The zero-order valence-electron chi connectivity index (χ0n) is 12.1. The van der Waals surface area contributed by atoms with Crippen molar-refractivity contribution in [2.24, 2.45) is 0 Å². The summed E-state index contributed by atoms with van der Waals surface area (Å²) in [5.41, 5.74) is -1.61. The maximum absolute atomic E-state index is 12.9. The Kier molecular flexibility index (Phi) is 7.82. The number of rotatable bonds is 5. The molecule has 1 aromatic carbocycles. The fraction of sp³-hybridized carbons (Fsp3) is 0.385. The minimum Gasteiger partial charge on any atom is -0.480 e. The molecule has 0 aliphatic heterocycles. The first-order valence-corrected chi connectivity index (χ1v) is 6.50. The minimum atomic E-state index is -4.67. The molecule has 130 valence electrons. The lowest BCUT2D eigenvalue weighted by atomic mass is 10.1. The third-order valence-electron chi connectivity index (χ3n) is 2.99. The highest BCUT2D eigenvalue weighted by Crippen LogP contribution is 2.38. The van der Waals surface area contributed by atoms with Crippen molar-refractivity contribution in [3.8, 4) is 0 Å². The summed E-state index contributed by atoms with van der Waals surface area (Å²) < 4.78 is 38.6. The molecule has 23 heavy (non-hydrogen) atoms. The van der Waals surface area contributed by atoms with Crippen LogP contribution in [0.5, 0.6) is 0 Å². The molecule has 0 heterocycles. The molecule has 10 heteroatoms. The van der Waals surface area contributed by atoms with Crippen molar-refractivity contribution in [1.82, 2.24) is 4.90 Å². The van der Waals surface area contributed by atoms with E-state index in [4.69, 9.17) is 16.7 Å². The topological polar surface area (TPSA) is 69.6 Å². The van der Waals surface area contributed by atoms with Crippen molar-refractivity contribution in [3.05, 3.63) is 28.8 Å². The van der Waals surface area contributed by atoms with E-state index in [-0.39, 0.29) is 17.4 Å². The number of halogens is 5. The number of aliphatic carboxylic acids is 1. The Morgan fingerprint density at radius 1 is 1.39 bits per heavy atom. The third-order valence-corrected chi connectivity index (χ3v) is 3.31. The largest absolute Gasteiger partial charge is 0.480 e. The molecule has 1 rings (SSSR count). The number of benzene rings is 1. The Morgan fingerprint density at radius 3 is 2.43 bits per heavy atom. The van der Waals surface area contributed by atoms with E-state index in [0.29, 0.717) is 0 Å². The summed E-state index contributed by atoms with van der Waals surface area (Å²) in [6, 6.07) is 2.18. The van der Waals surface area contributed by atoms with Crippen molar-refractivity contribution in [2.45, 2.75) is 19.1 Å². The van der Waals surface area contributed by atoms with Crippen molar-refractivity contribution >= 4 is 41.6 Å². The number of alkyl halides is 3. The standard InChI is InChI=1S/C13H14ClF3N2O3.ClH/c1-7(12(21)22)19(2)6-10(20)18-11-8(13(15,16)17)4-3-5-9(11)14;/h3-5,7H,6H2,1-2H3,(H,18,20)(H,21,22);1H. The molecular weight excluding hydrogens is 360 g/mol. The Labute approximate surface area is 141 Å². The normalized spacial score (nSPS) is 12.5. The predicted octanol–water partition coefficient (Wildman–Crippen LogP) is 3.12. The van der Waals surface area contributed by atoms with Gasteiger partial charge in [-0.15, -0.1) is 12.4 Å². The fourth-order valence-corrected chi connectivity index (χ4v) is 1.84. The Morgan fingerprint density at radius 2 is 1.96 bits per heavy atom. The molecule has 1 aromatic rings. The first-order valence-electron chi connectivity index (χ1n) is 6.12. The van der Waals surface area contributed by atoms with Crippen LogP contribution in [0.4, 0.5) is 18.9 Å². The Hall–Kier alpha value is -1.51. The molecule has 0 bridgehead atoms. The molecule has 0 spiro atoms. The van der Waals surface area contributed by atoms with Crippen LogP contribution in [0.15, 0.2) is 18.2 Å². The van der Waals surface area contributed by atoms with E-state index in [1.807, 2.05) is 0 Å². The zero-order chi connectivity index (χ0) is 17.1. The van der Waals surface area contributed by atoms with E-state index >= 15 is 0 Å². The molecule has 0 aromatic heterocycles. The van der Waals surface area contributed by atoms with Gasteiger partial charge in [-0.3, -0.25) is 14.5 Å². The van der Waals surface area contributed by atoms with E-state index in [1.54, 1.807) is 0 Å². The third kappa shape index (κ3) is 5.89. The Balaban J connectivity index is 0.00000484. The van der Waals surface area contributed by atoms with Gasteiger partial charge >= 0.3 is 12.1 Å². The molecule has 0 saturated carbocycles. The molecule has 1 amide bonds. The van der Waals surface area contributed by atoms with Gasteiger partial charge in [0, 0.05) is 0 Å². The monoisotopic (exact) mass is 374 g/mol. The van der Waals surface area contributed by atoms with Crippen LogP contribution in [0.2, 0.25) is 5.02 Å². The van der Waals surface area contributed by atoms with Gasteiger partial charge in [-0.05, 0) is 26.1 Å². The van der Waals surface area contributed by atoms with Gasteiger partial charge < -0.3 is 10.4 Å². The summed E-state index contributed by atoms with van der Waals surface area (Å²) in [7, 11) is 1.37. The molecule has 2 N–H and O–H groups in total. The number of anilines is 1. The molecule has 1 atom stereocenters. The van der Waals surface area contributed by atoms with Crippen LogP contribution in [0.3, 0.4) is 0 Å². The summed E-state index contributed by atoms with van der Waals surface area (Å²) in [6.45, 7) is 0.961. The van der Waals surface area contributed by atoms with Gasteiger partial charge in [0.05, 0.1) is 22.8 Å². The van der Waals surface area contributed by atoms with E-state index < -0.39 is 41.9 Å². The number of carboxylic acid groups (broad SMARTS) is 1. The van der Waals surface area contributed by atoms with Gasteiger partial charge in [-0.1, -0.05) is 17.7 Å². The number of nitrogens with zero attached hydrogens (tertiary/aromatic N) is 1. The van der Waals surface area contributed by atoms with Gasteiger partial charge in [0.1, 0.15) is 6.04 Å². The Bertz CT molecular complexity index is 582. The van der Waals surface area contributed by atoms with Gasteiger partial charge in [-0.25, -0.2) is 0 Å². The minimum absolute atomic E-state index is 0. The summed E-state index contributed by atoms with van der Waals surface area (Å²) >= 11 is 5.71. The lowest BCUT2D eigenvalue weighted by Gasteiger charge is -2.21. The predicted molar refractivity (Wildman–Crippen MR) is 82.1 cm³/mol. The van der Waals surface area contributed by atoms with Crippen LogP contribution in [0.1, 0.15) is 12.5 Å². The average Bonchev–Trinajstić information content (AvgIpc) is 2.38. The molecule has 0 saturated heterocycles. The highest BCUT2D eigenvalue weighted by Gasteiger charge is 2.35. The quantitative estimate of drug-likeness (QED) is 0.830. The van der Waals surface area contributed by atoms with Crippen LogP contribution < -0.4 is 5.32 Å². The number of likely N-dealkylation sites (N-methyl/N-ethyl adjacent to an activating group) is 1. The lowest BCUT2D eigenvalue weighted by Crippen LogP contribution is -2.40. The van der Waals surface area contributed by atoms with Crippen LogP contribution in [0.25, 0.3) is 0 Å². The number of hydrogen-bond acceptors (Lipinski definition) is 3. The molecule has 0 fully saturated rings. The summed E-state index contributed by atoms with van der Waals surface area (Å²) in [4.78, 5) is 23.8. The summed E-state index contributed by atoms with van der Waals surface area (Å²) in [6.07, 6.45) is -4.67. The highest BCUT2D eigenvalue weighted by molar-refractivity contribution is 6.34. The van der Waals surface area contributed by atoms with Crippen molar-refractivity contribution in [2.75, 3.05) is 18.9 Å². The maximum atomic E-state index is 12.9. The smallest absolute Gasteiger partial charge is 0.418 e. The van der Waals surface area contributed by atoms with Crippen LogP contribution in [0, 0.1) is 0 Å². The van der Waals surface area contributed by atoms with Crippen LogP contribution >= 0.6 is 24.0 Å². The van der Waals surface area contributed by atoms with E-state index in [9.17, 15) is 22.8 Å². The first-order chi connectivity index (χ1) is 10.0. The van der Waals surface area contributed by atoms with Crippen molar-refractivity contribution in [1.29, 1.82) is 0 Å². The lowest BCUT2D eigenvalue weighted by molar-refractivity contribution is -0.142. The molecule has 0 radical (unpaired) electrons. The number of para-hydroxylation sites is 1. The number of hydrogen-bond donors (Lipinski definition) is 2. The first kappa shape index (κ1) is 21.5. The molecule has 5 nitrogen and oxygen atoms in total. The molecule has 0 aliphatic carbocycles. The van der Waals surface area contributed by atoms with Crippen LogP contribution in [-0.2, 0) is 15.8 Å². The maximum Gasteiger partial charge on any atom is 0.418 e. The average molecular weight is 375 g/mol. The summed E-state index contributed by atoms with van der Waals surface area (Å²) in [5.74, 6) is -1.95. The number of nitrogens with one attached hydrogen (secondary N) is 1. The van der Waals surface area contributed by atoms with E-state index in [2.05, 4.69) is 5.32 Å². The van der Waals surface area contributed by atoms with Gasteiger partial charge in [0.15, 0.2) is 0 Å². The van der Waals surface area contributed by atoms with Crippen molar-refractivity contribution in [3.63, 3.8) is 0 Å². The second kappa shape index (κ2) is 8.37. The molecular formula is C13H15Cl2F3N2O3. The highest BCUT2D eigenvalue weighted by atomic mass is 35.5. The van der Waals surface area contributed by atoms with Crippen molar-refractivity contribution < 1.29 is 27.9 Å². The number of amides is 1. The van der Waals surface area contributed by atoms with Crippen LogP contribution in [-0.4, -0.2) is 41.5 Å². The van der Waals surface area contributed by atoms with E-state index in [0.717, 1.165) is 12.1 Å².